The Bertz CT molecular complexity index is 419. The Morgan fingerprint density at radius 1 is 1.54 bits per heavy atom. The van der Waals surface area contributed by atoms with Crippen molar-refractivity contribution in [3.63, 3.8) is 0 Å². The van der Waals surface area contributed by atoms with Gasteiger partial charge in [-0.2, -0.15) is 9.65 Å². The second-order valence-electron chi connectivity index (χ2n) is 2.19. The van der Waals surface area contributed by atoms with Gasteiger partial charge in [-0.05, 0) is 0 Å². The summed E-state index contributed by atoms with van der Waals surface area (Å²) in [4.78, 5) is 12.1. The van der Waals surface area contributed by atoms with Crippen LogP contribution in [0.1, 0.15) is 17.6 Å². The molecule has 0 spiro atoms. The van der Waals surface area contributed by atoms with E-state index in [1.165, 1.54) is 6.07 Å². The Balaban J connectivity index is 3.50. The molecule has 0 aliphatic carbocycles. The summed E-state index contributed by atoms with van der Waals surface area (Å²) < 4.78 is 36.8. The Kier molecular flexibility index (Phi) is 2.37. The number of rotatable bonds is 1. The molecule has 0 saturated carbocycles. The highest BCUT2D eigenvalue weighted by Gasteiger charge is 2.19. The van der Waals surface area contributed by atoms with Crippen molar-refractivity contribution in [1.29, 1.82) is 5.26 Å². The maximum atomic E-state index is 12.7. The number of alkyl halides is 2. The lowest BCUT2D eigenvalue weighted by molar-refractivity contribution is 0.144. The molecule has 0 aliphatic heterocycles. The van der Waals surface area contributed by atoms with Crippen LogP contribution in [0.15, 0.2) is 10.9 Å². The highest BCUT2D eigenvalue weighted by Crippen LogP contribution is 2.22. The molecule has 1 aromatic heterocycles. The number of nitrogens with one attached hydrogen (secondary N) is 1. The third-order valence-corrected chi connectivity index (χ3v) is 1.37. The zero-order valence-electron chi connectivity index (χ0n) is 6.14. The van der Waals surface area contributed by atoms with E-state index in [1.807, 2.05) is 0 Å². The number of aromatic nitrogens is 1. The van der Waals surface area contributed by atoms with Gasteiger partial charge in [-0.1, -0.05) is 0 Å². The van der Waals surface area contributed by atoms with Crippen molar-refractivity contribution in [2.24, 2.45) is 0 Å². The molecule has 0 amide bonds. The number of H-pyrrole nitrogens is 1. The van der Waals surface area contributed by atoms with E-state index in [4.69, 9.17) is 5.26 Å². The Morgan fingerprint density at radius 2 is 2.15 bits per heavy atom. The third-order valence-electron chi connectivity index (χ3n) is 1.37. The fourth-order valence-electron chi connectivity index (χ4n) is 0.845. The SMILES string of the molecule is N#Cc1cc(=O)[nH]c(F)c1C(F)F. The second-order valence-corrected chi connectivity index (χ2v) is 2.19. The van der Waals surface area contributed by atoms with Gasteiger partial charge in [0.25, 0.3) is 12.0 Å². The maximum absolute atomic E-state index is 12.7. The normalized spacial score (nSPS) is 10.1. The summed E-state index contributed by atoms with van der Waals surface area (Å²) in [6, 6.07) is 1.95. The van der Waals surface area contributed by atoms with E-state index in [0.29, 0.717) is 6.07 Å². The Labute approximate surface area is 70.4 Å². The predicted octanol–water partition coefficient (Wildman–Crippen LogP) is 1.32. The summed E-state index contributed by atoms with van der Waals surface area (Å²) in [7, 11) is 0. The van der Waals surface area contributed by atoms with Gasteiger partial charge >= 0.3 is 0 Å². The molecule has 0 atom stereocenters. The number of halogens is 3. The van der Waals surface area contributed by atoms with Crippen LogP contribution >= 0.6 is 0 Å². The summed E-state index contributed by atoms with van der Waals surface area (Å²) in [5, 5.41) is 8.31. The molecule has 0 unspecified atom stereocenters. The summed E-state index contributed by atoms with van der Waals surface area (Å²) in [6.07, 6.45) is -3.12. The molecule has 0 saturated heterocycles. The van der Waals surface area contributed by atoms with E-state index >= 15 is 0 Å². The van der Waals surface area contributed by atoms with Crippen LogP contribution in [-0.4, -0.2) is 4.98 Å². The van der Waals surface area contributed by atoms with Crippen molar-refractivity contribution >= 4 is 0 Å². The number of nitrogens with zero attached hydrogens (tertiary/aromatic N) is 1. The van der Waals surface area contributed by atoms with Gasteiger partial charge in [0.2, 0.25) is 5.95 Å². The standard InChI is InChI=1S/C7H3F3N2O/c8-6(9)5-3(2-11)1-4(13)12-7(5)10/h1,6H,(H,12,13). The first kappa shape index (κ1) is 9.32. The molecule has 0 aromatic carbocycles. The van der Waals surface area contributed by atoms with Crippen molar-refractivity contribution < 1.29 is 13.2 Å². The van der Waals surface area contributed by atoms with Crippen LogP contribution in [0.5, 0.6) is 0 Å². The molecule has 1 N–H and O–H groups in total. The lowest BCUT2D eigenvalue weighted by Gasteiger charge is -2.01. The van der Waals surface area contributed by atoms with Gasteiger partial charge in [0.05, 0.1) is 11.1 Å². The average molecular weight is 188 g/mol. The summed E-state index contributed by atoms with van der Waals surface area (Å²) in [5.74, 6) is -1.46. The van der Waals surface area contributed by atoms with Crippen molar-refractivity contribution in [2.75, 3.05) is 0 Å². The van der Waals surface area contributed by atoms with Crippen LogP contribution in [0.3, 0.4) is 0 Å². The lowest BCUT2D eigenvalue weighted by Crippen LogP contribution is -2.11. The lowest BCUT2D eigenvalue weighted by atomic mass is 10.1. The molecular formula is C7H3F3N2O. The average Bonchev–Trinajstić information content (AvgIpc) is 2.01. The second kappa shape index (κ2) is 3.31. The van der Waals surface area contributed by atoms with Gasteiger partial charge in [0.15, 0.2) is 0 Å². The number of hydrogen-bond acceptors (Lipinski definition) is 2. The highest BCUT2D eigenvalue weighted by atomic mass is 19.3. The molecule has 0 bridgehead atoms. The van der Waals surface area contributed by atoms with Gasteiger partial charge in [0.1, 0.15) is 6.07 Å². The Hall–Kier alpha value is -1.77. The first-order valence-corrected chi connectivity index (χ1v) is 3.17. The van der Waals surface area contributed by atoms with E-state index in [0.717, 1.165) is 0 Å². The van der Waals surface area contributed by atoms with E-state index in [2.05, 4.69) is 0 Å². The number of nitriles is 1. The maximum Gasteiger partial charge on any atom is 0.269 e. The molecular weight excluding hydrogens is 185 g/mol. The van der Waals surface area contributed by atoms with Gasteiger partial charge in [-0.3, -0.25) is 9.78 Å². The largest absolute Gasteiger partial charge is 0.298 e. The Morgan fingerprint density at radius 3 is 2.62 bits per heavy atom. The summed E-state index contributed by atoms with van der Waals surface area (Å²) in [5.41, 5.74) is -2.63. The topological polar surface area (TPSA) is 56.6 Å². The predicted molar refractivity (Wildman–Crippen MR) is 36.7 cm³/mol. The van der Waals surface area contributed by atoms with E-state index in [-0.39, 0.29) is 0 Å². The van der Waals surface area contributed by atoms with Crippen LogP contribution in [0, 0.1) is 17.3 Å². The monoisotopic (exact) mass is 188 g/mol. The van der Waals surface area contributed by atoms with Crippen LogP contribution in [-0.2, 0) is 0 Å². The molecule has 0 aliphatic rings. The summed E-state index contributed by atoms with van der Waals surface area (Å²) >= 11 is 0. The minimum absolute atomic E-state index is 0.630. The number of pyridine rings is 1. The fraction of sp³-hybridized carbons (Fsp3) is 0.143. The quantitative estimate of drug-likeness (QED) is 0.675. The van der Waals surface area contributed by atoms with Crippen molar-refractivity contribution in [1.82, 2.24) is 4.98 Å². The minimum atomic E-state index is -3.12. The van der Waals surface area contributed by atoms with Crippen molar-refractivity contribution in [3.8, 4) is 6.07 Å². The zero-order valence-corrected chi connectivity index (χ0v) is 6.14. The number of hydrogen-bond donors (Lipinski definition) is 1. The van der Waals surface area contributed by atoms with Gasteiger partial charge in [-0.15, -0.1) is 0 Å². The molecule has 1 aromatic rings. The van der Waals surface area contributed by atoms with Crippen LogP contribution in [0.2, 0.25) is 0 Å². The molecule has 68 valence electrons. The first-order chi connectivity index (χ1) is 6.06. The molecule has 6 heteroatoms. The van der Waals surface area contributed by atoms with Crippen LogP contribution < -0.4 is 5.56 Å². The molecule has 3 nitrogen and oxygen atoms in total. The third kappa shape index (κ3) is 1.69. The molecule has 0 fully saturated rings. The first-order valence-electron chi connectivity index (χ1n) is 3.17. The smallest absolute Gasteiger partial charge is 0.269 e. The fourth-order valence-corrected chi connectivity index (χ4v) is 0.845. The molecule has 0 radical (unpaired) electrons. The number of aromatic amines is 1. The zero-order chi connectivity index (χ0) is 10.0. The van der Waals surface area contributed by atoms with E-state index in [9.17, 15) is 18.0 Å². The molecule has 1 rings (SSSR count). The summed E-state index contributed by atoms with van der Waals surface area (Å²) in [6.45, 7) is 0. The molecule has 13 heavy (non-hydrogen) atoms. The highest BCUT2D eigenvalue weighted by molar-refractivity contribution is 5.36. The van der Waals surface area contributed by atoms with Gasteiger partial charge in [-0.25, -0.2) is 8.78 Å². The minimum Gasteiger partial charge on any atom is -0.298 e. The molecule has 1 heterocycles. The van der Waals surface area contributed by atoms with Crippen molar-refractivity contribution in [2.45, 2.75) is 6.43 Å². The van der Waals surface area contributed by atoms with E-state index < -0.39 is 29.1 Å². The van der Waals surface area contributed by atoms with Crippen molar-refractivity contribution in [3.05, 3.63) is 33.5 Å². The van der Waals surface area contributed by atoms with Crippen LogP contribution in [0.25, 0.3) is 0 Å². The van der Waals surface area contributed by atoms with Gasteiger partial charge in [0, 0.05) is 6.07 Å². The van der Waals surface area contributed by atoms with Gasteiger partial charge < -0.3 is 0 Å². The van der Waals surface area contributed by atoms with Crippen LogP contribution in [0.4, 0.5) is 13.2 Å². The van der Waals surface area contributed by atoms with E-state index in [1.54, 1.807) is 4.98 Å².